The lowest BCUT2D eigenvalue weighted by Gasteiger charge is -2.19. The Bertz CT molecular complexity index is 616. The average Bonchev–Trinajstić information content (AvgIpc) is 3.06. The lowest BCUT2D eigenvalue weighted by Crippen LogP contribution is -2.38. The maximum absolute atomic E-state index is 11.9. The van der Waals surface area contributed by atoms with E-state index in [2.05, 4.69) is 41.6 Å². The quantitative estimate of drug-likeness (QED) is 0.375. The van der Waals surface area contributed by atoms with E-state index in [9.17, 15) is 4.79 Å². The number of benzene rings is 1. The molecule has 0 unspecified atom stereocenters. The highest BCUT2D eigenvalue weighted by Crippen LogP contribution is 2.17. The molecule has 0 radical (unpaired) electrons. The summed E-state index contributed by atoms with van der Waals surface area (Å²) >= 11 is 0. The van der Waals surface area contributed by atoms with Gasteiger partial charge in [0.05, 0.1) is 6.61 Å². The minimum atomic E-state index is 0.257. The molecule has 1 amide bonds. The Labute approximate surface area is 163 Å². The normalized spacial score (nSPS) is 14.9. The summed E-state index contributed by atoms with van der Waals surface area (Å²) in [5.41, 5.74) is 2.38. The first-order valence-corrected chi connectivity index (χ1v) is 9.97. The summed E-state index contributed by atoms with van der Waals surface area (Å²) in [6, 6.07) is 8.26. The molecule has 1 fully saturated rings. The monoisotopic (exact) mass is 374 g/mol. The van der Waals surface area contributed by atoms with Crippen molar-refractivity contribution in [2.45, 2.75) is 46.2 Å². The van der Waals surface area contributed by atoms with E-state index >= 15 is 0 Å². The van der Waals surface area contributed by atoms with Crippen molar-refractivity contribution in [1.82, 2.24) is 15.5 Å². The number of carbonyl (C=O) groups excluding carboxylic acids is 1. The highest BCUT2D eigenvalue weighted by atomic mass is 16.5. The van der Waals surface area contributed by atoms with Gasteiger partial charge in [0.1, 0.15) is 0 Å². The minimum absolute atomic E-state index is 0.257. The number of likely N-dealkylation sites (tertiary alicyclic amines) is 1. The van der Waals surface area contributed by atoms with Crippen molar-refractivity contribution in [3.05, 3.63) is 35.4 Å². The molecule has 0 spiro atoms. The Morgan fingerprint density at radius 1 is 1.22 bits per heavy atom. The molecule has 6 heteroatoms. The highest BCUT2D eigenvalue weighted by Gasteiger charge is 2.20. The van der Waals surface area contributed by atoms with Crippen LogP contribution < -0.4 is 10.6 Å². The number of ether oxygens (including phenoxy) is 1. The van der Waals surface area contributed by atoms with Crippen LogP contribution in [0.1, 0.15) is 44.2 Å². The standard InChI is InChI=1S/C21H34N4O2/c1-17(2)10-13-27-14-11-23-21(22-3)24-15-18-7-4-5-8-19(18)16-25-12-6-9-20(25)26/h4-5,7-8,17H,6,9-16H2,1-3H3,(H2,22,23,24). The van der Waals surface area contributed by atoms with E-state index in [0.29, 0.717) is 32.0 Å². The summed E-state index contributed by atoms with van der Waals surface area (Å²) in [7, 11) is 1.77. The number of aliphatic imine (C=N–C) groups is 1. The van der Waals surface area contributed by atoms with Gasteiger partial charge < -0.3 is 20.3 Å². The van der Waals surface area contributed by atoms with Gasteiger partial charge in [0, 0.05) is 46.3 Å². The molecule has 0 bridgehead atoms. The number of nitrogens with zero attached hydrogens (tertiary/aromatic N) is 2. The van der Waals surface area contributed by atoms with Gasteiger partial charge in [-0.15, -0.1) is 0 Å². The number of carbonyl (C=O) groups is 1. The molecule has 1 heterocycles. The molecule has 1 aliphatic heterocycles. The zero-order valence-corrected chi connectivity index (χ0v) is 17.0. The van der Waals surface area contributed by atoms with E-state index in [1.165, 1.54) is 11.1 Å². The lowest BCUT2D eigenvalue weighted by atomic mass is 10.1. The van der Waals surface area contributed by atoms with Gasteiger partial charge >= 0.3 is 0 Å². The first-order chi connectivity index (χ1) is 13.1. The predicted molar refractivity (Wildman–Crippen MR) is 110 cm³/mol. The molecule has 0 aliphatic carbocycles. The van der Waals surface area contributed by atoms with Crippen molar-refractivity contribution in [2.24, 2.45) is 10.9 Å². The van der Waals surface area contributed by atoms with Crippen LogP contribution in [0.5, 0.6) is 0 Å². The van der Waals surface area contributed by atoms with Crippen molar-refractivity contribution in [3.8, 4) is 0 Å². The predicted octanol–water partition coefficient (Wildman–Crippen LogP) is 2.54. The van der Waals surface area contributed by atoms with Crippen LogP contribution in [0.4, 0.5) is 0 Å². The molecule has 0 atom stereocenters. The molecule has 1 aromatic rings. The molecule has 1 saturated heterocycles. The van der Waals surface area contributed by atoms with Gasteiger partial charge in [0.15, 0.2) is 5.96 Å². The van der Waals surface area contributed by atoms with Gasteiger partial charge in [0.25, 0.3) is 0 Å². The zero-order chi connectivity index (χ0) is 19.5. The fourth-order valence-corrected chi connectivity index (χ4v) is 3.02. The maximum Gasteiger partial charge on any atom is 0.222 e. The van der Waals surface area contributed by atoms with Gasteiger partial charge in [-0.2, -0.15) is 0 Å². The molecule has 0 saturated carbocycles. The van der Waals surface area contributed by atoms with E-state index in [-0.39, 0.29) is 5.91 Å². The van der Waals surface area contributed by atoms with Crippen molar-refractivity contribution in [3.63, 3.8) is 0 Å². The molecular formula is C21H34N4O2. The third-order valence-electron chi connectivity index (χ3n) is 4.70. The van der Waals surface area contributed by atoms with Crippen LogP contribution in [0.25, 0.3) is 0 Å². The average molecular weight is 375 g/mol. The minimum Gasteiger partial charge on any atom is -0.380 e. The summed E-state index contributed by atoms with van der Waals surface area (Å²) in [5.74, 6) is 1.69. The Kier molecular flexibility index (Phi) is 9.11. The second kappa shape index (κ2) is 11.6. The maximum atomic E-state index is 11.9. The number of amides is 1. The summed E-state index contributed by atoms with van der Waals surface area (Å²) in [4.78, 5) is 18.1. The lowest BCUT2D eigenvalue weighted by molar-refractivity contribution is -0.128. The van der Waals surface area contributed by atoms with E-state index in [0.717, 1.165) is 38.5 Å². The number of rotatable bonds is 10. The van der Waals surface area contributed by atoms with Gasteiger partial charge in [-0.3, -0.25) is 9.79 Å². The summed E-state index contributed by atoms with van der Waals surface area (Å²) < 4.78 is 5.62. The van der Waals surface area contributed by atoms with Crippen LogP contribution >= 0.6 is 0 Å². The van der Waals surface area contributed by atoms with Crippen molar-refractivity contribution >= 4 is 11.9 Å². The van der Waals surface area contributed by atoms with E-state index in [1.807, 2.05) is 17.0 Å². The van der Waals surface area contributed by atoms with E-state index in [1.54, 1.807) is 7.05 Å². The molecule has 1 aliphatic rings. The van der Waals surface area contributed by atoms with Gasteiger partial charge in [-0.1, -0.05) is 38.1 Å². The Morgan fingerprint density at radius 2 is 2.00 bits per heavy atom. The third kappa shape index (κ3) is 7.59. The van der Waals surface area contributed by atoms with Crippen LogP contribution in [0, 0.1) is 5.92 Å². The summed E-state index contributed by atoms with van der Waals surface area (Å²) in [6.45, 7) is 8.81. The first kappa shape index (κ1) is 21.2. The molecule has 2 rings (SSSR count). The number of hydrogen-bond acceptors (Lipinski definition) is 3. The van der Waals surface area contributed by atoms with Crippen LogP contribution in [-0.4, -0.2) is 50.1 Å². The van der Waals surface area contributed by atoms with Crippen molar-refractivity contribution in [2.75, 3.05) is 33.4 Å². The number of nitrogens with one attached hydrogen (secondary N) is 2. The van der Waals surface area contributed by atoms with Gasteiger partial charge in [-0.05, 0) is 29.9 Å². The molecular weight excluding hydrogens is 340 g/mol. The third-order valence-corrected chi connectivity index (χ3v) is 4.70. The molecule has 2 N–H and O–H groups in total. The smallest absolute Gasteiger partial charge is 0.222 e. The molecule has 6 nitrogen and oxygen atoms in total. The fourth-order valence-electron chi connectivity index (χ4n) is 3.02. The first-order valence-electron chi connectivity index (χ1n) is 9.97. The van der Waals surface area contributed by atoms with Crippen molar-refractivity contribution in [1.29, 1.82) is 0 Å². The SMILES string of the molecule is CN=C(NCCOCCC(C)C)NCc1ccccc1CN1CCCC1=O. The molecule has 27 heavy (non-hydrogen) atoms. The highest BCUT2D eigenvalue weighted by molar-refractivity contribution is 5.79. The van der Waals surface area contributed by atoms with Crippen molar-refractivity contribution < 1.29 is 9.53 Å². The fraction of sp³-hybridized carbons (Fsp3) is 0.619. The van der Waals surface area contributed by atoms with Crippen LogP contribution in [0.15, 0.2) is 29.3 Å². The zero-order valence-electron chi connectivity index (χ0n) is 17.0. The topological polar surface area (TPSA) is 66.0 Å². The van der Waals surface area contributed by atoms with Gasteiger partial charge in [0.2, 0.25) is 5.91 Å². The van der Waals surface area contributed by atoms with Crippen LogP contribution in [0.3, 0.4) is 0 Å². The van der Waals surface area contributed by atoms with Crippen LogP contribution in [0.2, 0.25) is 0 Å². The summed E-state index contributed by atoms with van der Waals surface area (Å²) in [6.07, 6.45) is 2.73. The number of guanidine groups is 1. The van der Waals surface area contributed by atoms with Crippen LogP contribution in [-0.2, 0) is 22.6 Å². The second-order valence-electron chi connectivity index (χ2n) is 7.33. The molecule has 150 valence electrons. The Morgan fingerprint density at radius 3 is 2.67 bits per heavy atom. The number of hydrogen-bond donors (Lipinski definition) is 2. The van der Waals surface area contributed by atoms with E-state index < -0.39 is 0 Å². The Balaban J connectivity index is 1.76. The molecule has 0 aromatic heterocycles. The van der Waals surface area contributed by atoms with Gasteiger partial charge in [-0.25, -0.2) is 0 Å². The second-order valence-corrected chi connectivity index (χ2v) is 7.33. The largest absolute Gasteiger partial charge is 0.380 e. The summed E-state index contributed by atoms with van der Waals surface area (Å²) in [5, 5.41) is 6.63. The Hall–Kier alpha value is -2.08. The van der Waals surface area contributed by atoms with E-state index in [4.69, 9.17) is 4.74 Å². The molecule has 1 aromatic carbocycles.